The molecule has 0 saturated carbocycles. The summed E-state index contributed by atoms with van der Waals surface area (Å²) in [6.07, 6.45) is 0. The van der Waals surface area contributed by atoms with Gasteiger partial charge in [0.2, 0.25) is 0 Å². The summed E-state index contributed by atoms with van der Waals surface area (Å²) in [5, 5.41) is 7.33. The molecule has 2 aromatic rings. The molecule has 3 heteroatoms. The highest BCUT2D eigenvalue weighted by atomic mass is 32.1. The Hall–Kier alpha value is -1.87. The van der Waals surface area contributed by atoms with E-state index in [4.69, 9.17) is 12.2 Å². The second-order valence-corrected chi connectivity index (χ2v) is 6.01. The summed E-state index contributed by atoms with van der Waals surface area (Å²) in [5.41, 5.74) is 3.48. The first-order valence-electron chi connectivity index (χ1n) is 7.25. The van der Waals surface area contributed by atoms with E-state index in [0.29, 0.717) is 11.0 Å². The highest BCUT2D eigenvalue weighted by Gasteiger charge is 2.16. The molecule has 0 unspecified atom stereocenters. The summed E-state index contributed by atoms with van der Waals surface area (Å²) < 4.78 is 0. The first-order valence-corrected chi connectivity index (χ1v) is 7.66. The SMILES string of the molecule is Cc1cccc(NC(=S)N[C@@H](c2ccccc2)C(C)C)c1. The Morgan fingerprint density at radius 3 is 2.33 bits per heavy atom. The van der Waals surface area contributed by atoms with E-state index in [9.17, 15) is 0 Å². The number of nitrogens with one attached hydrogen (secondary N) is 2. The highest BCUT2D eigenvalue weighted by Crippen LogP contribution is 2.21. The number of benzene rings is 2. The van der Waals surface area contributed by atoms with Gasteiger partial charge in [-0.15, -0.1) is 0 Å². The van der Waals surface area contributed by atoms with Gasteiger partial charge < -0.3 is 10.6 Å². The van der Waals surface area contributed by atoms with Crippen LogP contribution in [0.15, 0.2) is 54.6 Å². The number of rotatable bonds is 4. The van der Waals surface area contributed by atoms with Gasteiger partial charge >= 0.3 is 0 Å². The minimum Gasteiger partial charge on any atom is -0.355 e. The van der Waals surface area contributed by atoms with Crippen molar-refractivity contribution in [2.75, 3.05) is 5.32 Å². The highest BCUT2D eigenvalue weighted by molar-refractivity contribution is 7.80. The van der Waals surface area contributed by atoms with Crippen molar-refractivity contribution in [3.05, 3.63) is 65.7 Å². The fourth-order valence-corrected chi connectivity index (χ4v) is 2.57. The van der Waals surface area contributed by atoms with Crippen LogP contribution in [0.3, 0.4) is 0 Å². The molecule has 1 atom stereocenters. The van der Waals surface area contributed by atoms with E-state index in [1.807, 2.05) is 18.2 Å². The van der Waals surface area contributed by atoms with Crippen LogP contribution in [0.4, 0.5) is 5.69 Å². The van der Waals surface area contributed by atoms with Crippen molar-refractivity contribution in [1.29, 1.82) is 0 Å². The van der Waals surface area contributed by atoms with Gasteiger partial charge in [-0.25, -0.2) is 0 Å². The Kier molecular flexibility index (Phi) is 5.34. The molecule has 0 amide bonds. The molecule has 0 heterocycles. The van der Waals surface area contributed by atoms with Crippen molar-refractivity contribution < 1.29 is 0 Å². The maximum atomic E-state index is 5.45. The van der Waals surface area contributed by atoms with Crippen LogP contribution in [0.5, 0.6) is 0 Å². The summed E-state index contributed by atoms with van der Waals surface area (Å²) in [6, 6.07) is 18.8. The molecular weight excluding hydrogens is 276 g/mol. The molecule has 2 N–H and O–H groups in total. The molecule has 2 nitrogen and oxygen atoms in total. The first kappa shape index (κ1) is 15.5. The van der Waals surface area contributed by atoms with E-state index in [2.05, 4.69) is 67.8 Å². The van der Waals surface area contributed by atoms with Gasteiger partial charge in [-0.3, -0.25) is 0 Å². The van der Waals surface area contributed by atoms with Crippen molar-refractivity contribution in [3.63, 3.8) is 0 Å². The molecule has 0 aliphatic carbocycles. The van der Waals surface area contributed by atoms with Crippen LogP contribution in [0.1, 0.15) is 31.0 Å². The Labute approximate surface area is 132 Å². The summed E-state index contributed by atoms with van der Waals surface area (Å²) in [7, 11) is 0. The zero-order valence-electron chi connectivity index (χ0n) is 12.8. The Morgan fingerprint density at radius 2 is 1.71 bits per heavy atom. The molecule has 0 spiro atoms. The molecule has 0 bridgehead atoms. The van der Waals surface area contributed by atoms with E-state index < -0.39 is 0 Å². The molecule has 21 heavy (non-hydrogen) atoms. The lowest BCUT2D eigenvalue weighted by atomic mass is 9.96. The third-order valence-electron chi connectivity index (χ3n) is 3.39. The van der Waals surface area contributed by atoms with Gasteiger partial charge in [0.1, 0.15) is 0 Å². The fraction of sp³-hybridized carbons (Fsp3) is 0.278. The van der Waals surface area contributed by atoms with Crippen molar-refractivity contribution in [1.82, 2.24) is 5.32 Å². The number of anilines is 1. The van der Waals surface area contributed by atoms with Crippen molar-refractivity contribution >= 4 is 23.0 Å². The molecular formula is C18H22N2S. The minimum atomic E-state index is 0.205. The Morgan fingerprint density at radius 1 is 1.00 bits per heavy atom. The van der Waals surface area contributed by atoms with E-state index in [-0.39, 0.29) is 6.04 Å². The normalized spacial score (nSPS) is 12.0. The van der Waals surface area contributed by atoms with E-state index >= 15 is 0 Å². The Bertz CT molecular complexity index is 593. The van der Waals surface area contributed by atoms with E-state index in [1.54, 1.807) is 0 Å². The molecule has 110 valence electrons. The number of aryl methyl sites for hydroxylation is 1. The number of thiocarbonyl (C=S) groups is 1. The molecule has 0 saturated heterocycles. The van der Waals surface area contributed by atoms with E-state index in [1.165, 1.54) is 11.1 Å². The maximum Gasteiger partial charge on any atom is 0.171 e. The molecule has 0 fully saturated rings. The summed E-state index contributed by atoms with van der Waals surface area (Å²) in [4.78, 5) is 0. The predicted molar refractivity (Wildman–Crippen MR) is 94.6 cm³/mol. The lowest BCUT2D eigenvalue weighted by molar-refractivity contribution is 0.473. The monoisotopic (exact) mass is 298 g/mol. The van der Waals surface area contributed by atoms with Crippen LogP contribution in [0.2, 0.25) is 0 Å². The quantitative estimate of drug-likeness (QED) is 0.802. The number of hydrogen-bond acceptors (Lipinski definition) is 1. The standard InChI is InChI=1S/C18H22N2S/c1-13(2)17(15-9-5-4-6-10-15)20-18(21)19-16-11-7-8-14(3)12-16/h4-13,17H,1-3H3,(H2,19,20,21)/t17-/m1/s1. The van der Waals surface area contributed by atoms with Crippen LogP contribution in [-0.4, -0.2) is 5.11 Å². The third-order valence-corrected chi connectivity index (χ3v) is 3.61. The smallest absolute Gasteiger partial charge is 0.171 e. The summed E-state index contributed by atoms with van der Waals surface area (Å²) in [6.45, 7) is 6.46. The second-order valence-electron chi connectivity index (χ2n) is 5.60. The third kappa shape index (κ3) is 4.57. The van der Waals surface area contributed by atoms with Crippen LogP contribution in [-0.2, 0) is 0 Å². The van der Waals surface area contributed by atoms with Crippen molar-refractivity contribution in [2.45, 2.75) is 26.8 Å². The van der Waals surface area contributed by atoms with Gasteiger partial charge in [-0.05, 0) is 48.3 Å². The lowest BCUT2D eigenvalue weighted by Crippen LogP contribution is -2.34. The van der Waals surface area contributed by atoms with Gasteiger partial charge in [0.05, 0.1) is 6.04 Å². The summed E-state index contributed by atoms with van der Waals surface area (Å²) >= 11 is 5.45. The Balaban J connectivity index is 2.05. The molecule has 0 aromatic heterocycles. The van der Waals surface area contributed by atoms with E-state index in [0.717, 1.165) is 5.69 Å². The van der Waals surface area contributed by atoms with Crippen LogP contribution < -0.4 is 10.6 Å². The molecule has 0 aliphatic heterocycles. The van der Waals surface area contributed by atoms with Crippen LogP contribution in [0.25, 0.3) is 0 Å². The van der Waals surface area contributed by atoms with Crippen molar-refractivity contribution in [2.24, 2.45) is 5.92 Å². The fourth-order valence-electron chi connectivity index (χ4n) is 2.33. The largest absolute Gasteiger partial charge is 0.355 e. The molecule has 0 radical (unpaired) electrons. The zero-order valence-corrected chi connectivity index (χ0v) is 13.6. The van der Waals surface area contributed by atoms with Gasteiger partial charge in [-0.1, -0.05) is 56.3 Å². The minimum absolute atomic E-state index is 0.205. The molecule has 2 aromatic carbocycles. The summed E-state index contributed by atoms with van der Waals surface area (Å²) in [5.74, 6) is 0.449. The van der Waals surface area contributed by atoms with Gasteiger partial charge in [0.25, 0.3) is 0 Å². The zero-order chi connectivity index (χ0) is 15.2. The van der Waals surface area contributed by atoms with Crippen LogP contribution >= 0.6 is 12.2 Å². The number of hydrogen-bond donors (Lipinski definition) is 2. The molecule has 2 rings (SSSR count). The van der Waals surface area contributed by atoms with Crippen LogP contribution in [0, 0.1) is 12.8 Å². The van der Waals surface area contributed by atoms with Gasteiger partial charge in [0.15, 0.2) is 5.11 Å². The van der Waals surface area contributed by atoms with Gasteiger partial charge in [0, 0.05) is 5.69 Å². The molecule has 0 aliphatic rings. The average molecular weight is 298 g/mol. The van der Waals surface area contributed by atoms with Crippen molar-refractivity contribution in [3.8, 4) is 0 Å². The predicted octanol–water partition coefficient (Wildman–Crippen LogP) is 4.68. The topological polar surface area (TPSA) is 24.1 Å². The average Bonchev–Trinajstić information content (AvgIpc) is 2.45. The lowest BCUT2D eigenvalue weighted by Gasteiger charge is -2.24. The van der Waals surface area contributed by atoms with Gasteiger partial charge in [-0.2, -0.15) is 0 Å². The second kappa shape index (κ2) is 7.23. The first-order chi connectivity index (χ1) is 10.1. The maximum absolute atomic E-state index is 5.45.